The summed E-state index contributed by atoms with van der Waals surface area (Å²) in [7, 11) is 0. The van der Waals surface area contributed by atoms with Crippen LogP contribution >= 0.6 is 0 Å². The zero-order valence-electron chi connectivity index (χ0n) is 63.1. The van der Waals surface area contributed by atoms with Crippen molar-refractivity contribution in [2.75, 3.05) is 14.7 Å². The fourth-order valence-electron chi connectivity index (χ4n) is 21.6. The van der Waals surface area contributed by atoms with Crippen LogP contribution in [-0.2, 0) is 0 Å². The molecule has 10 heterocycles. The summed E-state index contributed by atoms with van der Waals surface area (Å²) >= 11 is 0. The fourth-order valence-corrected chi connectivity index (χ4v) is 21.6. The predicted molar refractivity (Wildman–Crippen MR) is 475 cm³/mol. The number of rotatable bonds is 6. The molecule has 0 fully saturated rings. The molecule has 9 nitrogen and oxygen atoms in total. The maximum atomic E-state index is 18.3. The molecule has 560 valence electrons. The van der Waals surface area contributed by atoms with Gasteiger partial charge < -0.3 is 42.4 Å². The first-order valence-corrected chi connectivity index (χ1v) is 40.1. The molecule has 0 saturated heterocycles. The maximum Gasteiger partial charge on any atom is 0.256 e. The van der Waals surface area contributed by atoms with Gasteiger partial charge in [-0.25, -0.2) is 26.3 Å². The summed E-state index contributed by atoms with van der Waals surface area (Å²) in [6, 6.07) is 103. The number of aromatic nitrogens is 4. The molecular formula is C102H54B3F6N7O2. The molecule has 0 spiro atoms. The molecule has 0 radical (unpaired) electrons. The zero-order chi connectivity index (χ0) is 79.1. The van der Waals surface area contributed by atoms with Crippen LogP contribution in [0.4, 0.5) is 77.5 Å². The van der Waals surface area contributed by atoms with Gasteiger partial charge in [0.1, 0.15) is 75.0 Å². The summed E-state index contributed by atoms with van der Waals surface area (Å²) in [6.45, 7) is -2.29. The second-order valence-electron chi connectivity index (χ2n) is 32.0. The number of benzene rings is 17. The topological polar surface area (TPSA) is 47.9 Å². The summed E-state index contributed by atoms with van der Waals surface area (Å²) in [5.41, 5.74) is 17.3. The molecule has 0 bridgehead atoms. The normalized spacial score (nSPS) is 13.6. The highest BCUT2D eigenvalue weighted by Gasteiger charge is 2.52. The number of halogens is 6. The second kappa shape index (κ2) is 23.7. The minimum absolute atomic E-state index is 0.280. The monoisotopic (exact) mass is 1560 g/mol. The molecule has 17 aromatic carbocycles. The highest BCUT2D eigenvalue weighted by Crippen LogP contribution is 2.53. The van der Waals surface area contributed by atoms with Gasteiger partial charge in [0.05, 0.1) is 55.7 Å². The Hall–Kier alpha value is -15.3. The molecule has 0 atom stereocenters. The molecule has 27 rings (SSSR count). The third kappa shape index (κ3) is 8.54. The highest BCUT2D eigenvalue weighted by atomic mass is 19.2. The van der Waals surface area contributed by atoms with Crippen LogP contribution in [0, 0.1) is 34.9 Å². The lowest BCUT2D eigenvalue weighted by molar-refractivity contribution is 0.487. The molecule has 120 heavy (non-hydrogen) atoms. The Balaban J connectivity index is 0.788. The lowest BCUT2D eigenvalue weighted by Crippen LogP contribution is -2.65. The van der Waals surface area contributed by atoms with E-state index >= 15 is 26.3 Å². The molecule has 6 aliphatic rings. The minimum Gasteiger partial charge on any atom is -0.458 e. The Morgan fingerprint density at radius 2 is 0.500 bits per heavy atom. The average molecular weight is 1560 g/mol. The van der Waals surface area contributed by atoms with Crippen LogP contribution in [0.3, 0.4) is 0 Å². The largest absolute Gasteiger partial charge is 0.458 e. The van der Waals surface area contributed by atoms with E-state index in [9.17, 15) is 0 Å². The molecule has 18 heteroatoms. The predicted octanol–water partition coefficient (Wildman–Crippen LogP) is 20.3. The van der Waals surface area contributed by atoms with E-state index in [0.717, 1.165) is 115 Å². The van der Waals surface area contributed by atoms with E-state index in [2.05, 4.69) is 134 Å². The van der Waals surface area contributed by atoms with Gasteiger partial charge in [-0.2, -0.15) is 0 Å². The first-order chi connectivity index (χ1) is 59.1. The van der Waals surface area contributed by atoms with Crippen molar-refractivity contribution in [3.8, 4) is 45.7 Å². The van der Waals surface area contributed by atoms with E-state index in [0.29, 0.717) is 95.6 Å². The van der Waals surface area contributed by atoms with Gasteiger partial charge in [-0.1, -0.05) is 194 Å². The Morgan fingerprint density at radius 3 is 0.933 bits per heavy atom. The van der Waals surface area contributed by atoms with Crippen LogP contribution in [0.15, 0.2) is 328 Å². The summed E-state index contributed by atoms with van der Waals surface area (Å²) in [6.07, 6.45) is 0. The van der Waals surface area contributed by atoms with Crippen molar-refractivity contribution in [2.45, 2.75) is 0 Å². The Bertz CT molecular complexity index is 8100. The number of hydrogen-bond donors (Lipinski definition) is 0. The molecular weight excluding hydrogens is 1500 g/mol. The molecule has 21 aromatic rings. The van der Waals surface area contributed by atoms with Crippen molar-refractivity contribution in [1.29, 1.82) is 0 Å². The summed E-state index contributed by atoms with van der Waals surface area (Å²) in [5, 5.41) is 7.99. The van der Waals surface area contributed by atoms with Crippen molar-refractivity contribution in [3.63, 3.8) is 0 Å². The third-order valence-corrected chi connectivity index (χ3v) is 26.2. The number of anilines is 9. The van der Waals surface area contributed by atoms with Crippen molar-refractivity contribution in [1.82, 2.24) is 18.3 Å². The number of hydrogen-bond acceptors (Lipinski definition) is 5. The van der Waals surface area contributed by atoms with Gasteiger partial charge >= 0.3 is 0 Å². The summed E-state index contributed by atoms with van der Waals surface area (Å²) < 4.78 is 133. The van der Waals surface area contributed by atoms with E-state index in [1.807, 2.05) is 158 Å². The first-order valence-electron chi connectivity index (χ1n) is 40.1. The van der Waals surface area contributed by atoms with Gasteiger partial charge in [0.15, 0.2) is 0 Å². The van der Waals surface area contributed by atoms with Gasteiger partial charge in [-0.15, -0.1) is 0 Å². The SMILES string of the molecule is Fc1cccc(F)c1N1c2cc3c(cc2B2c4ccccc4Oc4cc(-n5c6ccccc6c6ccccc65)cc1c42)B1c2cc4c(cc2Oc2cc(-n5c6ccccc6c6ccccc65)cc(c21)N3c1c(F)cccc1F)N(c1c(F)cccc1F)c1cc(-n2c3ccccc3c3ccccc32)cc2c1B4c1cccc3c4ccccc4n-2c13. The second-order valence-corrected chi connectivity index (χ2v) is 32.0. The maximum absolute atomic E-state index is 18.3. The van der Waals surface area contributed by atoms with Crippen LogP contribution in [0.5, 0.6) is 23.0 Å². The standard InChI is InChI=1S/C102H54B3F6N7O2/c106-72-31-18-32-73(107)100(72)116-85-53-86-69(51-68(85)103-66-29-8-16-44-92(66)119-94-49-56(47-90(116)97(94)103)113-80-39-11-3-23-60(80)61-24-4-12-40-81(61)113)105-71-52-70-87(54-93(71)120-95-50-57(48-91(98(95)105)117(86)101-74(108)33-19-34-75(101)109)114-82-41-13-5-25-62(82)63-26-6-14-42-83(63)114)118(102-76(110)35-20-36-77(102)111)89-46-55(112-78-37-9-1-21-58(78)59-22-2-10-38-79(59)112)45-88-96(89)104(70)67-30-17-28-65-64-27-7-15-43-84(64)115(88)99(65)67/h1-54H. The van der Waals surface area contributed by atoms with Crippen LogP contribution in [-0.4, -0.2) is 38.4 Å². The Morgan fingerprint density at radius 1 is 0.200 bits per heavy atom. The number of ether oxygens (including phenoxy) is 2. The molecule has 0 N–H and O–H groups in total. The van der Waals surface area contributed by atoms with E-state index in [4.69, 9.17) is 9.47 Å². The van der Waals surface area contributed by atoms with Gasteiger partial charge in [-0.05, 0) is 164 Å². The van der Waals surface area contributed by atoms with Crippen molar-refractivity contribution < 1.29 is 35.8 Å². The Labute approximate surface area is 680 Å². The van der Waals surface area contributed by atoms with Gasteiger partial charge in [0.25, 0.3) is 20.1 Å². The van der Waals surface area contributed by atoms with Crippen LogP contribution < -0.4 is 73.3 Å². The lowest BCUT2D eigenvalue weighted by atomic mass is 9.29. The van der Waals surface area contributed by atoms with Crippen molar-refractivity contribution >= 4 is 208 Å². The van der Waals surface area contributed by atoms with E-state index in [-0.39, 0.29) is 11.4 Å². The molecule has 0 aliphatic carbocycles. The average Bonchev–Trinajstić information content (AvgIpc) is 1.41. The zero-order valence-corrected chi connectivity index (χ0v) is 63.1. The third-order valence-electron chi connectivity index (χ3n) is 26.2. The lowest BCUT2D eigenvalue weighted by Gasteiger charge is -2.45. The molecule has 0 saturated carbocycles. The van der Waals surface area contributed by atoms with Crippen molar-refractivity contribution in [2.24, 2.45) is 0 Å². The van der Waals surface area contributed by atoms with Crippen LogP contribution in [0.2, 0.25) is 0 Å². The van der Waals surface area contributed by atoms with Gasteiger partial charge in [0, 0.05) is 107 Å². The first kappa shape index (κ1) is 65.9. The summed E-state index contributed by atoms with van der Waals surface area (Å²) in [5.74, 6) is -3.47. The number of fused-ring (bicyclic) bond motifs is 24. The molecule has 6 aliphatic heterocycles. The van der Waals surface area contributed by atoms with Gasteiger partial charge in [0.2, 0.25) is 0 Å². The van der Waals surface area contributed by atoms with E-state index in [1.165, 1.54) is 54.6 Å². The Kier molecular flexibility index (Phi) is 13.0. The molecule has 4 aromatic heterocycles. The fraction of sp³-hybridized carbons (Fsp3) is 0. The molecule has 0 unspecified atom stereocenters. The quantitative estimate of drug-likeness (QED) is 0.123. The number of para-hydroxylation sites is 12. The van der Waals surface area contributed by atoms with Crippen molar-refractivity contribution in [3.05, 3.63) is 362 Å². The molecule has 0 amide bonds. The van der Waals surface area contributed by atoms with E-state index < -0.39 is 66.4 Å². The van der Waals surface area contributed by atoms with Crippen LogP contribution in [0.25, 0.3) is 110 Å². The van der Waals surface area contributed by atoms with E-state index in [1.54, 1.807) is 14.7 Å². The minimum atomic E-state index is -0.919. The number of nitrogens with zero attached hydrogens (tertiary/aromatic N) is 7. The highest BCUT2D eigenvalue weighted by molar-refractivity contribution is 7.04. The van der Waals surface area contributed by atoms with Crippen LogP contribution in [0.1, 0.15) is 0 Å². The summed E-state index contributed by atoms with van der Waals surface area (Å²) in [4.78, 5) is 5.01. The van der Waals surface area contributed by atoms with Gasteiger partial charge in [-0.3, -0.25) is 0 Å². The smallest absolute Gasteiger partial charge is 0.256 e.